The smallest absolute Gasteiger partial charge is 0.225 e. The lowest BCUT2D eigenvalue weighted by Crippen LogP contribution is -2.46. The molecule has 0 bridgehead atoms. The fourth-order valence-electron chi connectivity index (χ4n) is 4.31. The van der Waals surface area contributed by atoms with Crippen LogP contribution in [-0.4, -0.2) is 29.9 Å². The van der Waals surface area contributed by atoms with Crippen molar-refractivity contribution in [2.24, 2.45) is 11.8 Å². The zero-order valence-electron chi connectivity index (χ0n) is 15.1. The Labute approximate surface area is 141 Å². The van der Waals surface area contributed by atoms with Crippen molar-refractivity contribution in [3.05, 3.63) is 0 Å². The van der Waals surface area contributed by atoms with Gasteiger partial charge in [0.15, 0.2) is 5.96 Å². The Balaban J connectivity index is 1.91. The maximum atomic E-state index is 11.5. The summed E-state index contributed by atoms with van der Waals surface area (Å²) in [6.07, 6.45) is 16.0. The molecular weight excluding hydrogens is 286 g/mol. The van der Waals surface area contributed by atoms with Crippen molar-refractivity contribution in [2.45, 2.75) is 90.0 Å². The van der Waals surface area contributed by atoms with Crippen molar-refractivity contribution in [1.29, 1.82) is 5.41 Å². The molecule has 0 unspecified atom stereocenters. The lowest BCUT2D eigenvalue weighted by Gasteiger charge is -2.32. The standard InChI is InChI=1S/C19H35N3O/c1-15(23)22(2)19(20)21-18(13-16-9-5-3-6-10-16)14-17-11-7-4-8-12-17/h16-18H,3-14H2,1-2H3,(H2,20,21). The quantitative estimate of drug-likeness (QED) is 0.586. The minimum atomic E-state index is -0.0726. The lowest BCUT2D eigenvalue weighted by atomic mass is 9.80. The number of hydrogen-bond donors (Lipinski definition) is 2. The fraction of sp³-hybridized carbons (Fsp3) is 0.895. The Kier molecular flexibility index (Phi) is 7.38. The van der Waals surface area contributed by atoms with Crippen LogP contribution >= 0.6 is 0 Å². The fourth-order valence-corrected chi connectivity index (χ4v) is 4.31. The Morgan fingerprint density at radius 1 is 1.00 bits per heavy atom. The predicted octanol–water partition coefficient (Wildman–Crippen LogP) is 4.30. The van der Waals surface area contributed by atoms with Crippen molar-refractivity contribution in [1.82, 2.24) is 10.2 Å². The van der Waals surface area contributed by atoms with Crippen LogP contribution in [0.2, 0.25) is 0 Å². The van der Waals surface area contributed by atoms with E-state index in [2.05, 4.69) is 5.32 Å². The molecular formula is C19H35N3O. The molecule has 2 fully saturated rings. The average Bonchev–Trinajstić information content (AvgIpc) is 2.55. The van der Waals surface area contributed by atoms with E-state index in [0.717, 1.165) is 11.8 Å². The summed E-state index contributed by atoms with van der Waals surface area (Å²) >= 11 is 0. The topological polar surface area (TPSA) is 56.2 Å². The highest BCUT2D eigenvalue weighted by atomic mass is 16.2. The van der Waals surface area contributed by atoms with Gasteiger partial charge in [-0.2, -0.15) is 0 Å². The largest absolute Gasteiger partial charge is 0.353 e. The summed E-state index contributed by atoms with van der Waals surface area (Å²) < 4.78 is 0. The first-order chi connectivity index (χ1) is 11.1. The highest BCUT2D eigenvalue weighted by Crippen LogP contribution is 2.32. The normalized spacial score (nSPS) is 20.5. The zero-order valence-corrected chi connectivity index (χ0v) is 15.1. The molecule has 2 saturated carbocycles. The molecule has 0 radical (unpaired) electrons. The Bertz CT molecular complexity index is 364. The second-order valence-electron chi connectivity index (χ2n) is 7.75. The third-order valence-electron chi connectivity index (χ3n) is 5.83. The van der Waals surface area contributed by atoms with Gasteiger partial charge in [0, 0.05) is 20.0 Å². The first-order valence-electron chi connectivity index (χ1n) is 9.65. The van der Waals surface area contributed by atoms with E-state index < -0.39 is 0 Å². The summed E-state index contributed by atoms with van der Waals surface area (Å²) in [6, 6.07) is 0.357. The molecule has 0 atom stereocenters. The van der Waals surface area contributed by atoms with E-state index in [1.54, 1.807) is 7.05 Å². The average molecular weight is 322 g/mol. The first-order valence-corrected chi connectivity index (χ1v) is 9.65. The van der Waals surface area contributed by atoms with E-state index in [0.29, 0.717) is 6.04 Å². The van der Waals surface area contributed by atoms with Crippen LogP contribution in [0.5, 0.6) is 0 Å². The highest BCUT2D eigenvalue weighted by Gasteiger charge is 2.24. The molecule has 2 N–H and O–H groups in total. The van der Waals surface area contributed by atoms with Crippen molar-refractivity contribution in [3.8, 4) is 0 Å². The van der Waals surface area contributed by atoms with E-state index in [-0.39, 0.29) is 11.9 Å². The van der Waals surface area contributed by atoms with E-state index in [9.17, 15) is 4.79 Å². The molecule has 4 heteroatoms. The number of rotatable bonds is 5. The van der Waals surface area contributed by atoms with Gasteiger partial charge < -0.3 is 5.32 Å². The summed E-state index contributed by atoms with van der Waals surface area (Å²) in [5, 5.41) is 11.6. The van der Waals surface area contributed by atoms with Gasteiger partial charge in [0.05, 0.1) is 0 Å². The van der Waals surface area contributed by atoms with Crippen LogP contribution in [0.1, 0.15) is 84.0 Å². The zero-order chi connectivity index (χ0) is 16.7. The monoisotopic (exact) mass is 321 g/mol. The van der Waals surface area contributed by atoms with Crippen molar-refractivity contribution in [3.63, 3.8) is 0 Å². The van der Waals surface area contributed by atoms with Gasteiger partial charge in [-0.3, -0.25) is 15.1 Å². The van der Waals surface area contributed by atoms with Crippen LogP contribution < -0.4 is 5.32 Å². The SMILES string of the molecule is CC(=O)N(C)C(=N)NC(CC1CCCCC1)CC1CCCCC1. The number of carbonyl (C=O) groups is 1. The number of nitrogens with one attached hydrogen (secondary N) is 2. The van der Waals surface area contributed by atoms with Gasteiger partial charge in [0.1, 0.15) is 0 Å². The number of amides is 1. The molecule has 0 aromatic heterocycles. The molecule has 0 aromatic carbocycles. The van der Waals surface area contributed by atoms with E-state index in [1.165, 1.54) is 88.9 Å². The summed E-state index contributed by atoms with van der Waals surface area (Å²) in [5.74, 6) is 1.81. The minimum absolute atomic E-state index is 0.0726. The molecule has 132 valence electrons. The molecule has 0 aromatic rings. The van der Waals surface area contributed by atoms with Crippen LogP contribution in [0.25, 0.3) is 0 Å². The van der Waals surface area contributed by atoms with Crippen LogP contribution in [0.15, 0.2) is 0 Å². The third kappa shape index (κ3) is 6.15. The van der Waals surface area contributed by atoms with Crippen LogP contribution in [0.4, 0.5) is 0 Å². The number of nitrogens with zero attached hydrogens (tertiary/aromatic N) is 1. The number of guanidine groups is 1. The van der Waals surface area contributed by atoms with Gasteiger partial charge in [-0.1, -0.05) is 64.2 Å². The molecule has 2 aliphatic carbocycles. The van der Waals surface area contributed by atoms with Crippen molar-refractivity contribution < 1.29 is 4.79 Å². The molecule has 2 rings (SSSR count). The van der Waals surface area contributed by atoms with Gasteiger partial charge in [0.2, 0.25) is 5.91 Å². The van der Waals surface area contributed by atoms with Crippen molar-refractivity contribution in [2.75, 3.05) is 7.05 Å². The molecule has 4 nitrogen and oxygen atoms in total. The van der Waals surface area contributed by atoms with Gasteiger partial charge in [0.25, 0.3) is 0 Å². The predicted molar refractivity (Wildman–Crippen MR) is 95.5 cm³/mol. The maximum Gasteiger partial charge on any atom is 0.225 e. The van der Waals surface area contributed by atoms with Gasteiger partial charge in [-0.25, -0.2) is 0 Å². The third-order valence-corrected chi connectivity index (χ3v) is 5.83. The molecule has 0 aliphatic heterocycles. The van der Waals surface area contributed by atoms with Crippen LogP contribution in [-0.2, 0) is 4.79 Å². The Morgan fingerprint density at radius 3 is 1.83 bits per heavy atom. The molecule has 2 aliphatic rings. The highest BCUT2D eigenvalue weighted by molar-refractivity contribution is 5.94. The van der Waals surface area contributed by atoms with E-state index >= 15 is 0 Å². The van der Waals surface area contributed by atoms with Gasteiger partial charge in [-0.05, 0) is 24.7 Å². The van der Waals surface area contributed by atoms with Crippen LogP contribution in [0, 0.1) is 17.2 Å². The summed E-state index contributed by atoms with van der Waals surface area (Å²) in [4.78, 5) is 12.9. The summed E-state index contributed by atoms with van der Waals surface area (Å²) in [7, 11) is 1.69. The number of carbonyl (C=O) groups excluding carboxylic acids is 1. The minimum Gasteiger partial charge on any atom is -0.353 e. The molecule has 0 spiro atoms. The summed E-state index contributed by atoms with van der Waals surface area (Å²) in [5.41, 5.74) is 0. The van der Waals surface area contributed by atoms with Crippen LogP contribution in [0.3, 0.4) is 0 Å². The Hall–Kier alpha value is -1.06. The van der Waals surface area contributed by atoms with Crippen molar-refractivity contribution >= 4 is 11.9 Å². The molecule has 1 amide bonds. The summed E-state index contributed by atoms with van der Waals surface area (Å²) in [6.45, 7) is 1.52. The van der Waals surface area contributed by atoms with Gasteiger partial charge >= 0.3 is 0 Å². The molecule has 23 heavy (non-hydrogen) atoms. The Morgan fingerprint density at radius 2 is 1.43 bits per heavy atom. The molecule has 0 heterocycles. The second-order valence-corrected chi connectivity index (χ2v) is 7.75. The lowest BCUT2D eigenvalue weighted by molar-refractivity contribution is -0.124. The maximum absolute atomic E-state index is 11.5. The molecule has 0 saturated heterocycles. The number of hydrogen-bond acceptors (Lipinski definition) is 2. The van der Waals surface area contributed by atoms with E-state index in [1.807, 2.05) is 0 Å². The van der Waals surface area contributed by atoms with Gasteiger partial charge in [-0.15, -0.1) is 0 Å². The van der Waals surface area contributed by atoms with E-state index in [4.69, 9.17) is 5.41 Å². The second kappa shape index (κ2) is 9.29. The first kappa shape index (κ1) is 18.3.